The van der Waals surface area contributed by atoms with Gasteiger partial charge >= 0.3 is 6.03 Å². The number of amides is 2. The second-order valence-electron chi connectivity index (χ2n) is 5.96. The number of carbonyl (C=O) groups excluding carboxylic acids is 1. The third-order valence-electron chi connectivity index (χ3n) is 4.33. The molecule has 20 heavy (non-hydrogen) atoms. The molecule has 2 rings (SSSR count). The van der Waals surface area contributed by atoms with Crippen LogP contribution >= 0.6 is 0 Å². The lowest BCUT2D eigenvalue weighted by atomic mass is 9.57. The Bertz CT molecular complexity index is 470. The zero-order chi connectivity index (χ0) is 14.8. The molecule has 1 aliphatic rings. The first kappa shape index (κ1) is 14.8. The quantitative estimate of drug-likeness (QED) is 0.762. The van der Waals surface area contributed by atoms with Gasteiger partial charge in [-0.05, 0) is 31.1 Å². The normalized spacial score (nSPS) is 24.0. The highest BCUT2D eigenvalue weighted by atomic mass is 16.5. The van der Waals surface area contributed by atoms with Gasteiger partial charge in [0.2, 0.25) is 0 Å². The van der Waals surface area contributed by atoms with Crippen molar-refractivity contribution in [3.8, 4) is 0 Å². The fourth-order valence-corrected chi connectivity index (χ4v) is 2.76. The maximum absolute atomic E-state index is 11.6. The zero-order valence-electron chi connectivity index (χ0n) is 12.3. The van der Waals surface area contributed by atoms with Gasteiger partial charge in [-0.15, -0.1) is 0 Å². The number of aromatic nitrogens is 1. The molecule has 0 radical (unpaired) electrons. The summed E-state index contributed by atoms with van der Waals surface area (Å²) >= 11 is 0. The average molecular weight is 281 g/mol. The van der Waals surface area contributed by atoms with Gasteiger partial charge in [0.1, 0.15) is 6.61 Å². The van der Waals surface area contributed by atoms with Crippen LogP contribution in [0.4, 0.5) is 4.79 Å². The fourth-order valence-electron chi connectivity index (χ4n) is 2.76. The topological polar surface area (TPSA) is 87.4 Å². The molecule has 1 aliphatic carbocycles. The predicted molar refractivity (Wildman–Crippen MR) is 74.0 cm³/mol. The first-order valence-corrected chi connectivity index (χ1v) is 7.07. The molecule has 2 amide bonds. The van der Waals surface area contributed by atoms with E-state index in [0.717, 1.165) is 18.5 Å². The van der Waals surface area contributed by atoms with Crippen LogP contribution in [0.2, 0.25) is 0 Å². The summed E-state index contributed by atoms with van der Waals surface area (Å²) in [5.41, 5.74) is 0.896. The molecule has 6 heteroatoms. The summed E-state index contributed by atoms with van der Waals surface area (Å²) in [7, 11) is 0. The van der Waals surface area contributed by atoms with Gasteiger partial charge in [0, 0.05) is 18.7 Å². The molecule has 1 aromatic rings. The summed E-state index contributed by atoms with van der Waals surface area (Å²) < 4.78 is 5.00. The Morgan fingerprint density at radius 2 is 2.35 bits per heavy atom. The van der Waals surface area contributed by atoms with E-state index in [2.05, 4.69) is 29.6 Å². The molecule has 2 atom stereocenters. The van der Waals surface area contributed by atoms with Crippen LogP contribution in [0.25, 0.3) is 0 Å². The van der Waals surface area contributed by atoms with Gasteiger partial charge in [-0.1, -0.05) is 19.0 Å². The molecule has 1 fully saturated rings. The van der Waals surface area contributed by atoms with Gasteiger partial charge in [0.15, 0.2) is 5.76 Å². The smallest absolute Gasteiger partial charge is 0.315 e. The lowest BCUT2D eigenvalue weighted by molar-refractivity contribution is 0.0201. The summed E-state index contributed by atoms with van der Waals surface area (Å²) in [6, 6.07) is 1.87. The number of nitrogens with one attached hydrogen (secondary N) is 2. The third kappa shape index (κ3) is 2.95. The minimum Gasteiger partial charge on any atom is -0.388 e. The number of rotatable bonds is 5. The van der Waals surface area contributed by atoms with Gasteiger partial charge in [0.25, 0.3) is 0 Å². The molecule has 1 heterocycles. The number of urea groups is 1. The number of aliphatic hydroxyl groups excluding tert-OH is 1. The van der Waals surface area contributed by atoms with Gasteiger partial charge in [-0.3, -0.25) is 0 Å². The van der Waals surface area contributed by atoms with Gasteiger partial charge in [0.05, 0.1) is 5.69 Å². The Morgan fingerprint density at radius 3 is 2.90 bits per heavy atom. The van der Waals surface area contributed by atoms with Crippen molar-refractivity contribution in [2.75, 3.05) is 6.54 Å². The van der Waals surface area contributed by atoms with Crippen molar-refractivity contribution in [3.05, 3.63) is 17.5 Å². The van der Waals surface area contributed by atoms with E-state index in [1.807, 2.05) is 6.92 Å². The Kier molecular flexibility index (Phi) is 4.32. The van der Waals surface area contributed by atoms with E-state index in [4.69, 9.17) is 9.63 Å². The van der Waals surface area contributed by atoms with Crippen molar-refractivity contribution >= 4 is 6.03 Å². The molecular formula is C14H23N3O3. The van der Waals surface area contributed by atoms with Crippen molar-refractivity contribution in [3.63, 3.8) is 0 Å². The number of hydrogen-bond acceptors (Lipinski definition) is 4. The first-order chi connectivity index (χ1) is 9.47. The lowest BCUT2D eigenvalue weighted by Gasteiger charge is -2.52. The van der Waals surface area contributed by atoms with Crippen molar-refractivity contribution in [2.45, 2.75) is 46.3 Å². The van der Waals surface area contributed by atoms with Crippen molar-refractivity contribution in [1.82, 2.24) is 15.8 Å². The van der Waals surface area contributed by atoms with Crippen LogP contribution in [0.1, 0.15) is 38.6 Å². The number of aliphatic hydroxyl groups is 1. The molecule has 1 aromatic heterocycles. The molecule has 112 valence electrons. The van der Waals surface area contributed by atoms with Crippen LogP contribution < -0.4 is 10.6 Å². The monoisotopic (exact) mass is 281 g/mol. The number of nitrogens with zero attached hydrogens (tertiary/aromatic N) is 1. The Hall–Kier alpha value is -1.56. The van der Waals surface area contributed by atoms with Crippen LogP contribution in [0.5, 0.6) is 0 Å². The molecule has 0 bridgehead atoms. The van der Waals surface area contributed by atoms with E-state index in [-0.39, 0.29) is 24.1 Å². The highest BCUT2D eigenvalue weighted by Gasteiger charge is 2.48. The zero-order valence-corrected chi connectivity index (χ0v) is 12.3. The number of carbonyl (C=O) groups is 1. The van der Waals surface area contributed by atoms with Crippen molar-refractivity contribution in [2.24, 2.45) is 11.3 Å². The van der Waals surface area contributed by atoms with Crippen molar-refractivity contribution < 1.29 is 14.4 Å². The summed E-state index contributed by atoms with van der Waals surface area (Å²) in [5, 5.41) is 18.7. The van der Waals surface area contributed by atoms with Crippen molar-refractivity contribution in [1.29, 1.82) is 0 Å². The number of hydrogen-bond donors (Lipinski definition) is 3. The van der Waals surface area contributed by atoms with Crippen LogP contribution in [0.15, 0.2) is 10.6 Å². The van der Waals surface area contributed by atoms with Gasteiger partial charge < -0.3 is 20.3 Å². The largest absolute Gasteiger partial charge is 0.388 e. The summed E-state index contributed by atoms with van der Waals surface area (Å²) in [6.07, 6.45) is 1.75. The minimum absolute atomic E-state index is 0.0312. The maximum Gasteiger partial charge on any atom is 0.315 e. The standard InChI is InChI=1S/C14H23N3O3/c1-4-15-13(19)16-12-6-9(14(12,2)3)5-10-7-11(8-18)20-17-10/h7,9,12,18H,4-6,8H2,1-3H3,(H2,15,16,19)/t9-,12+/m1/s1. The van der Waals surface area contributed by atoms with Crippen LogP contribution in [0, 0.1) is 11.3 Å². The van der Waals surface area contributed by atoms with E-state index in [9.17, 15) is 4.79 Å². The maximum atomic E-state index is 11.6. The Morgan fingerprint density at radius 1 is 1.60 bits per heavy atom. The molecule has 6 nitrogen and oxygen atoms in total. The molecule has 0 spiro atoms. The molecule has 1 saturated carbocycles. The average Bonchev–Trinajstić information content (AvgIpc) is 2.85. The SMILES string of the molecule is CCNC(=O)N[C@H]1C[C@@H](Cc2cc(CO)on2)C1(C)C. The second-order valence-corrected chi connectivity index (χ2v) is 5.96. The summed E-state index contributed by atoms with van der Waals surface area (Å²) in [5.74, 6) is 0.945. The van der Waals surface area contributed by atoms with Gasteiger partial charge in [-0.25, -0.2) is 4.79 Å². The van der Waals surface area contributed by atoms with Crippen LogP contribution in [0.3, 0.4) is 0 Å². The van der Waals surface area contributed by atoms with Crippen LogP contribution in [-0.4, -0.2) is 28.9 Å². The van der Waals surface area contributed by atoms with E-state index in [0.29, 0.717) is 18.2 Å². The second kappa shape index (κ2) is 5.83. The predicted octanol–water partition coefficient (Wildman–Crippen LogP) is 1.44. The molecule has 0 unspecified atom stereocenters. The molecule has 0 saturated heterocycles. The molecular weight excluding hydrogens is 258 g/mol. The Labute approximate surface area is 118 Å². The van der Waals surface area contributed by atoms with Crippen LogP contribution in [-0.2, 0) is 13.0 Å². The highest BCUT2D eigenvalue weighted by molar-refractivity contribution is 5.74. The fraction of sp³-hybridized carbons (Fsp3) is 0.714. The lowest BCUT2D eigenvalue weighted by Crippen LogP contribution is -2.60. The third-order valence-corrected chi connectivity index (χ3v) is 4.33. The van der Waals surface area contributed by atoms with E-state index >= 15 is 0 Å². The van der Waals surface area contributed by atoms with E-state index < -0.39 is 0 Å². The Balaban J connectivity index is 1.88. The highest BCUT2D eigenvalue weighted by Crippen LogP contribution is 2.47. The minimum atomic E-state index is -0.123. The molecule has 0 aromatic carbocycles. The van der Waals surface area contributed by atoms with E-state index in [1.54, 1.807) is 6.07 Å². The molecule has 3 N–H and O–H groups in total. The first-order valence-electron chi connectivity index (χ1n) is 7.07. The molecule has 0 aliphatic heterocycles. The summed E-state index contributed by atoms with van der Waals surface area (Å²) in [6.45, 7) is 6.72. The van der Waals surface area contributed by atoms with Gasteiger partial charge in [-0.2, -0.15) is 0 Å². The van der Waals surface area contributed by atoms with E-state index in [1.165, 1.54) is 0 Å². The summed E-state index contributed by atoms with van der Waals surface area (Å²) in [4.78, 5) is 11.6.